The summed E-state index contributed by atoms with van der Waals surface area (Å²) in [6, 6.07) is 20.8. The van der Waals surface area contributed by atoms with Gasteiger partial charge >= 0.3 is 0 Å². The van der Waals surface area contributed by atoms with E-state index in [2.05, 4.69) is 15.3 Å². The number of aryl methyl sites for hydroxylation is 1. The summed E-state index contributed by atoms with van der Waals surface area (Å²) in [6.45, 7) is 2.02. The number of nitrogens with one attached hydrogen (secondary N) is 1. The van der Waals surface area contributed by atoms with E-state index in [1.807, 2.05) is 55.5 Å². The molecule has 0 amide bonds. The topological polar surface area (TPSA) is 85.1 Å². The third-order valence-electron chi connectivity index (χ3n) is 4.69. The number of hydrogen-bond donors (Lipinski definition) is 1. The standard InChI is InChI=1S/C22H16N6O/c1-14-8-2-3-9-15(14)19-26-20-16-10-4-5-11-17(16)24-22(28(20)27-19)25-18-12-6-7-13-23-21(18)29/h2-13H,1H3,(H,23,24,25,29). The van der Waals surface area contributed by atoms with Gasteiger partial charge in [0.2, 0.25) is 5.95 Å². The van der Waals surface area contributed by atoms with Crippen molar-refractivity contribution in [2.45, 2.75) is 6.92 Å². The summed E-state index contributed by atoms with van der Waals surface area (Å²) in [5.41, 5.74) is 3.38. The Morgan fingerprint density at radius 1 is 0.897 bits per heavy atom. The van der Waals surface area contributed by atoms with E-state index in [-0.39, 0.29) is 5.56 Å². The Hall–Kier alpha value is -4.13. The van der Waals surface area contributed by atoms with Gasteiger partial charge in [0.25, 0.3) is 5.56 Å². The summed E-state index contributed by atoms with van der Waals surface area (Å²) in [5, 5.41) is 8.65. The SMILES string of the molecule is Cc1ccccc1-c1nc2c3ccccc3nc(Nc3ccccnc3=O)n2n1. The zero-order chi connectivity index (χ0) is 19.8. The molecule has 3 aromatic heterocycles. The van der Waals surface area contributed by atoms with E-state index in [1.165, 1.54) is 6.20 Å². The van der Waals surface area contributed by atoms with E-state index < -0.39 is 0 Å². The molecule has 7 nitrogen and oxygen atoms in total. The largest absolute Gasteiger partial charge is 0.319 e. The zero-order valence-electron chi connectivity index (χ0n) is 15.6. The van der Waals surface area contributed by atoms with Crippen molar-refractivity contribution < 1.29 is 0 Å². The number of hydrogen-bond acceptors (Lipinski definition) is 6. The Morgan fingerprint density at radius 3 is 2.59 bits per heavy atom. The number of rotatable bonds is 3. The molecule has 0 atom stereocenters. The van der Waals surface area contributed by atoms with Crippen LogP contribution in [0.1, 0.15) is 5.56 Å². The normalized spacial score (nSPS) is 11.1. The lowest BCUT2D eigenvalue weighted by atomic mass is 10.1. The lowest BCUT2D eigenvalue weighted by molar-refractivity contribution is 0.947. The van der Waals surface area contributed by atoms with Crippen LogP contribution in [0.5, 0.6) is 0 Å². The van der Waals surface area contributed by atoms with Crippen LogP contribution < -0.4 is 10.9 Å². The van der Waals surface area contributed by atoms with Crippen molar-refractivity contribution in [2.24, 2.45) is 0 Å². The Morgan fingerprint density at radius 2 is 1.69 bits per heavy atom. The number of para-hydroxylation sites is 1. The van der Waals surface area contributed by atoms with Gasteiger partial charge < -0.3 is 5.32 Å². The van der Waals surface area contributed by atoms with Crippen molar-refractivity contribution in [3.05, 3.63) is 88.8 Å². The quantitative estimate of drug-likeness (QED) is 0.513. The molecule has 5 aromatic rings. The molecule has 29 heavy (non-hydrogen) atoms. The minimum absolute atomic E-state index is 0.312. The Labute approximate surface area is 165 Å². The molecule has 0 aliphatic carbocycles. The maximum Gasteiger partial charge on any atom is 0.293 e. The minimum Gasteiger partial charge on any atom is -0.319 e. The predicted octanol–water partition coefficient (Wildman–Crippen LogP) is 3.75. The monoisotopic (exact) mass is 380 g/mol. The molecule has 0 bridgehead atoms. The van der Waals surface area contributed by atoms with Gasteiger partial charge in [0.05, 0.1) is 5.52 Å². The van der Waals surface area contributed by atoms with Gasteiger partial charge in [-0.1, -0.05) is 42.5 Å². The van der Waals surface area contributed by atoms with Crippen molar-refractivity contribution in [2.75, 3.05) is 5.32 Å². The van der Waals surface area contributed by atoms with Gasteiger partial charge in [-0.3, -0.25) is 4.79 Å². The highest BCUT2D eigenvalue weighted by Crippen LogP contribution is 2.26. The van der Waals surface area contributed by atoms with Crippen molar-refractivity contribution in [3.8, 4) is 11.4 Å². The summed E-state index contributed by atoms with van der Waals surface area (Å²) in [4.78, 5) is 25.6. The van der Waals surface area contributed by atoms with Gasteiger partial charge in [-0.2, -0.15) is 4.52 Å². The fourth-order valence-electron chi connectivity index (χ4n) is 3.24. The fourth-order valence-corrected chi connectivity index (χ4v) is 3.24. The molecule has 0 fully saturated rings. The second kappa shape index (κ2) is 6.79. The van der Waals surface area contributed by atoms with Gasteiger partial charge in [-0.25, -0.2) is 15.0 Å². The van der Waals surface area contributed by atoms with Crippen LogP contribution in [-0.2, 0) is 0 Å². The van der Waals surface area contributed by atoms with Gasteiger partial charge in [0.1, 0.15) is 5.69 Å². The summed E-state index contributed by atoms with van der Waals surface area (Å²) in [5.74, 6) is 1.000. The first-order valence-electron chi connectivity index (χ1n) is 9.14. The van der Waals surface area contributed by atoms with Crippen LogP contribution in [-0.4, -0.2) is 24.6 Å². The second-order valence-corrected chi connectivity index (χ2v) is 6.61. The molecule has 2 aromatic carbocycles. The molecule has 5 rings (SSSR count). The van der Waals surface area contributed by atoms with E-state index in [0.29, 0.717) is 23.1 Å². The Balaban J connectivity index is 1.78. The van der Waals surface area contributed by atoms with E-state index in [1.54, 1.807) is 22.7 Å². The van der Waals surface area contributed by atoms with Crippen LogP contribution in [0.2, 0.25) is 0 Å². The van der Waals surface area contributed by atoms with Crippen LogP contribution >= 0.6 is 0 Å². The van der Waals surface area contributed by atoms with E-state index in [0.717, 1.165) is 22.0 Å². The van der Waals surface area contributed by atoms with Crippen molar-refractivity contribution in [1.29, 1.82) is 0 Å². The number of aromatic nitrogens is 5. The molecule has 0 saturated heterocycles. The van der Waals surface area contributed by atoms with E-state index in [9.17, 15) is 4.79 Å². The van der Waals surface area contributed by atoms with Crippen LogP contribution in [0.15, 0.2) is 77.7 Å². The number of anilines is 2. The number of benzene rings is 2. The van der Waals surface area contributed by atoms with Gasteiger partial charge in [0.15, 0.2) is 11.5 Å². The molecule has 1 N–H and O–H groups in total. The zero-order valence-corrected chi connectivity index (χ0v) is 15.6. The highest BCUT2D eigenvalue weighted by molar-refractivity contribution is 5.93. The average molecular weight is 380 g/mol. The lowest BCUT2D eigenvalue weighted by Crippen LogP contribution is -2.11. The van der Waals surface area contributed by atoms with Crippen LogP contribution in [0.4, 0.5) is 11.6 Å². The lowest BCUT2D eigenvalue weighted by Gasteiger charge is -2.07. The van der Waals surface area contributed by atoms with E-state index in [4.69, 9.17) is 10.1 Å². The van der Waals surface area contributed by atoms with Crippen LogP contribution in [0, 0.1) is 6.92 Å². The first kappa shape index (κ1) is 17.0. The third-order valence-corrected chi connectivity index (χ3v) is 4.69. The molecule has 0 radical (unpaired) electrons. The molecule has 0 aliphatic rings. The molecule has 0 spiro atoms. The molecule has 7 heteroatoms. The highest BCUT2D eigenvalue weighted by Gasteiger charge is 2.16. The van der Waals surface area contributed by atoms with Gasteiger partial charge in [-0.15, -0.1) is 5.10 Å². The summed E-state index contributed by atoms with van der Waals surface area (Å²) in [7, 11) is 0. The maximum absolute atomic E-state index is 12.2. The minimum atomic E-state index is -0.377. The maximum atomic E-state index is 12.2. The van der Waals surface area contributed by atoms with Crippen LogP contribution in [0.3, 0.4) is 0 Å². The number of fused-ring (bicyclic) bond motifs is 3. The molecule has 3 heterocycles. The Kier molecular flexibility index (Phi) is 3.98. The molecular weight excluding hydrogens is 364 g/mol. The van der Waals surface area contributed by atoms with Crippen LogP contribution in [0.25, 0.3) is 27.9 Å². The smallest absolute Gasteiger partial charge is 0.293 e. The van der Waals surface area contributed by atoms with Crippen molar-refractivity contribution in [3.63, 3.8) is 0 Å². The summed E-state index contributed by atoms with van der Waals surface area (Å²) < 4.78 is 1.64. The average Bonchev–Trinajstić information content (AvgIpc) is 3.08. The first-order chi connectivity index (χ1) is 14.2. The predicted molar refractivity (Wildman–Crippen MR) is 112 cm³/mol. The summed E-state index contributed by atoms with van der Waals surface area (Å²) >= 11 is 0. The molecule has 140 valence electrons. The number of nitrogens with zero attached hydrogens (tertiary/aromatic N) is 5. The van der Waals surface area contributed by atoms with Gasteiger partial charge in [-0.05, 0) is 36.8 Å². The van der Waals surface area contributed by atoms with Crippen molar-refractivity contribution in [1.82, 2.24) is 24.6 Å². The first-order valence-corrected chi connectivity index (χ1v) is 9.14. The fraction of sp³-hybridized carbons (Fsp3) is 0.0455. The molecule has 0 unspecified atom stereocenters. The molecular formula is C22H16N6O. The summed E-state index contributed by atoms with van der Waals surface area (Å²) in [6.07, 6.45) is 1.46. The highest BCUT2D eigenvalue weighted by atomic mass is 16.1. The van der Waals surface area contributed by atoms with E-state index >= 15 is 0 Å². The Bertz CT molecular complexity index is 1430. The van der Waals surface area contributed by atoms with Gasteiger partial charge in [0, 0.05) is 17.1 Å². The third kappa shape index (κ3) is 2.98. The van der Waals surface area contributed by atoms with Crippen molar-refractivity contribution >= 4 is 28.2 Å². The molecule has 0 aliphatic heterocycles. The molecule has 0 saturated carbocycles. The second-order valence-electron chi connectivity index (χ2n) is 6.61.